The van der Waals surface area contributed by atoms with Crippen molar-refractivity contribution in [2.45, 2.75) is 19.7 Å². The minimum Gasteiger partial charge on any atom is -0.455 e. The van der Waals surface area contributed by atoms with Crippen LogP contribution in [0.1, 0.15) is 27.2 Å². The van der Waals surface area contributed by atoms with Crippen molar-refractivity contribution in [3.05, 3.63) is 65.0 Å². The highest BCUT2D eigenvalue weighted by Crippen LogP contribution is 2.50. The molecule has 5 nitrogen and oxygen atoms in total. The Hall–Kier alpha value is -3.55. The predicted molar refractivity (Wildman–Crippen MR) is 99.3 cm³/mol. The van der Waals surface area contributed by atoms with Crippen LogP contribution in [0.25, 0.3) is 22.3 Å². The van der Waals surface area contributed by atoms with Gasteiger partial charge in [-0.05, 0) is 36.8 Å². The molecule has 29 heavy (non-hydrogen) atoms. The van der Waals surface area contributed by atoms with Crippen LogP contribution in [0, 0.1) is 6.92 Å². The summed E-state index contributed by atoms with van der Waals surface area (Å²) in [6.07, 6.45) is -2.37. The second kappa shape index (κ2) is 5.97. The smallest absolute Gasteiger partial charge is 0.455 e. The molecule has 0 unspecified atom stereocenters. The zero-order valence-corrected chi connectivity index (χ0v) is 15.1. The lowest BCUT2D eigenvalue weighted by atomic mass is 9.99. The quantitative estimate of drug-likeness (QED) is 0.446. The Labute approximate surface area is 162 Å². The van der Waals surface area contributed by atoms with Gasteiger partial charge in [-0.15, -0.1) is 13.2 Å². The number of carbonyl (C=O) groups excluding carboxylic acids is 1. The number of aromatic nitrogens is 1. The molecule has 0 fully saturated rings. The van der Waals surface area contributed by atoms with Gasteiger partial charge in [-0.2, -0.15) is 0 Å². The Kier molecular flexibility index (Phi) is 3.61. The Balaban J connectivity index is 1.51. The fourth-order valence-electron chi connectivity index (χ4n) is 3.58. The van der Waals surface area contributed by atoms with Crippen LogP contribution in [-0.4, -0.2) is 17.3 Å². The Bertz CT molecular complexity index is 1260. The normalized spacial score (nSPS) is 12.8. The molecule has 0 radical (unpaired) electrons. The summed E-state index contributed by atoms with van der Waals surface area (Å²) in [6, 6.07) is 8.81. The number of halogens is 3. The molecule has 3 heterocycles. The summed E-state index contributed by atoms with van der Waals surface area (Å²) in [4.78, 5) is 17.2. The van der Waals surface area contributed by atoms with Crippen molar-refractivity contribution in [2.24, 2.45) is 0 Å². The van der Waals surface area contributed by atoms with E-state index in [-0.39, 0.29) is 5.69 Å². The molecule has 2 bridgehead atoms. The maximum absolute atomic E-state index is 13.0. The van der Waals surface area contributed by atoms with E-state index in [1.807, 2.05) is 13.0 Å². The van der Waals surface area contributed by atoms with E-state index >= 15 is 0 Å². The molecule has 3 aromatic heterocycles. The molecule has 1 amide bonds. The summed E-state index contributed by atoms with van der Waals surface area (Å²) in [5.41, 5.74) is 6.17. The zero-order valence-electron chi connectivity index (χ0n) is 15.1. The topological polar surface area (TPSA) is 64.4 Å². The van der Waals surface area contributed by atoms with Crippen molar-refractivity contribution in [1.82, 2.24) is 4.98 Å². The third kappa shape index (κ3) is 3.06. The number of hydrogen-bond acceptors (Lipinski definition) is 4. The van der Waals surface area contributed by atoms with Gasteiger partial charge in [0.2, 0.25) is 0 Å². The van der Waals surface area contributed by atoms with Crippen molar-refractivity contribution in [1.29, 1.82) is 0 Å². The number of carbonyl (C=O) groups is 1. The average molecular weight is 398 g/mol. The number of pyridine rings is 1. The SMILES string of the molecule is Cc1cc(-c2c(C(=O)Nc3cccc(OC(F)(F)F)c3)c3oc2c2c3C2)ccn1. The molecule has 0 spiro atoms. The Morgan fingerprint density at radius 1 is 1.17 bits per heavy atom. The summed E-state index contributed by atoms with van der Waals surface area (Å²) >= 11 is 0. The molecule has 1 aromatic carbocycles. The molecule has 1 aliphatic rings. The molecule has 0 atom stereocenters. The number of alkyl halides is 3. The van der Waals surface area contributed by atoms with Crippen LogP contribution >= 0.6 is 0 Å². The van der Waals surface area contributed by atoms with Crippen LogP contribution in [-0.2, 0) is 6.42 Å². The number of rotatable bonds is 4. The number of fused-ring (bicyclic) bond motifs is 5. The fourth-order valence-corrected chi connectivity index (χ4v) is 3.58. The second-order valence-corrected chi connectivity index (χ2v) is 6.86. The van der Waals surface area contributed by atoms with Gasteiger partial charge in [-0.25, -0.2) is 0 Å². The van der Waals surface area contributed by atoms with Crippen LogP contribution in [0.15, 0.2) is 47.0 Å². The molecule has 1 N–H and O–H groups in total. The third-order valence-electron chi connectivity index (χ3n) is 4.79. The first-order valence-electron chi connectivity index (χ1n) is 8.80. The third-order valence-corrected chi connectivity index (χ3v) is 4.79. The highest BCUT2D eigenvalue weighted by Gasteiger charge is 2.38. The van der Waals surface area contributed by atoms with Crippen molar-refractivity contribution in [2.75, 3.05) is 5.32 Å². The molecule has 8 heteroatoms. The minimum absolute atomic E-state index is 0.188. The molecular weight excluding hydrogens is 385 g/mol. The highest BCUT2D eigenvalue weighted by molar-refractivity contribution is 6.19. The number of ether oxygens (including phenoxy) is 1. The maximum atomic E-state index is 13.0. The molecule has 0 saturated heterocycles. The predicted octanol–water partition coefficient (Wildman–Crippen LogP) is 5.30. The van der Waals surface area contributed by atoms with Gasteiger partial charge in [-0.3, -0.25) is 9.78 Å². The Morgan fingerprint density at radius 2 is 1.97 bits per heavy atom. The number of nitrogens with zero attached hydrogens (tertiary/aromatic N) is 1. The number of aryl methyl sites for hydroxylation is 1. The number of hydrogen-bond donors (Lipinski definition) is 1. The van der Waals surface area contributed by atoms with Crippen molar-refractivity contribution in [3.63, 3.8) is 0 Å². The van der Waals surface area contributed by atoms with E-state index in [1.165, 1.54) is 18.2 Å². The summed E-state index contributed by atoms with van der Waals surface area (Å²) in [5.74, 6) is -0.866. The lowest BCUT2D eigenvalue weighted by molar-refractivity contribution is -0.274. The first-order valence-corrected chi connectivity index (χ1v) is 8.80. The van der Waals surface area contributed by atoms with E-state index in [4.69, 9.17) is 4.42 Å². The maximum Gasteiger partial charge on any atom is 0.573 e. The van der Waals surface area contributed by atoms with Gasteiger partial charge in [0.1, 0.15) is 16.9 Å². The number of benzene rings is 2. The number of nitrogens with one attached hydrogen (secondary N) is 1. The highest BCUT2D eigenvalue weighted by atomic mass is 19.4. The standard InChI is InChI=1S/C21H13F3N2O3/c1-10-7-11(5-6-25-10)16-17(19-15-9-14(15)18(16)28-19)20(27)26-12-3-2-4-13(8-12)29-21(22,23)24/h2-8H,9H2,1H3,(H,26,27). The van der Waals surface area contributed by atoms with E-state index in [2.05, 4.69) is 15.0 Å². The summed E-state index contributed by atoms with van der Waals surface area (Å²) in [5, 5.41) is 2.65. The van der Waals surface area contributed by atoms with E-state index in [1.54, 1.807) is 12.3 Å². The van der Waals surface area contributed by atoms with Gasteiger partial charge in [0.05, 0.1) is 5.56 Å². The molecule has 0 aliphatic heterocycles. The van der Waals surface area contributed by atoms with Crippen LogP contribution < -0.4 is 10.1 Å². The summed E-state index contributed by atoms with van der Waals surface area (Å²) in [7, 11) is 0. The van der Waals surface area contributed by atoms with E-state index in [0.29, 0.717) is 22.3 Å². The van der Waals surface area contributed by atoms with Gasteiger partial charge < -0.3 is 14.5 Å². The van der Waals surface area contributed by atoms with Crippen LogP contribution in [0.2, 0.25) is 0 Å². The minimum atomic E-state index is -4.81. The largest absolute Gasteiger partial charge is 0.573 e. The van der Waals surface area contributed by atoms with Crippen molar-refractivity contribution >= 4 is 22.8 Å². The van der Waals surface area contributed by atoms with Crippen LogP contribution in [0.5, 0.6) is 5.75 Å². The number of anilines is 1. The van der Waals surface area contributed by atoms with Crippen LogP contribution in [0.3, 0.4) is 0 Å². The van der Waals surface area contributed by atoms with E-state index in [0.717, 1.165) is 34.9 Å². The lowest BCUT2D eigenvalue weighted by Crippen LogP contribution is -2.17. The van der Waals surface area contributed by atoms with Gasteiger partial charge in [0, 0.05) is 46.8 Å². The molecule has 4 aromatic rings. The van der Waals surface area contributed by atoms with Gasteiger partial charge in [-0.1, -0.05) is 6.07 Å². The lowest BCUT2D eigenvalue weighted by Gasteiger charge is -2.11. The number of amides is 1. The zero-order chi connectivity index (χ0) is 20.3. The number of furan rings is 2. The first-order chi connectivity index (χ1) is 13.8. The van der Waals surface area contributed by atoms with Crippen molar-refractivity contribution < 1.29 is 27.1 Å². The van der Waals surface area contributed by atoms with E-state index < -0.39 is 18.0 Å². The van der Waals surface area contributed by atoms with E-state index in [9.17, 15) is 18.0 Å². The van der Waals surface area contributed by atoms with Gasteiger partial charge in [0.15, 0.2) is 0 Å². The van der Waals surface area contributed by atoms with Gasteiger partial charge in [0.25, 0.3) is 5.91 Å². The molecule has 1 aliphatic carbocycles. The summed E-state index contributed by atoms with van der Waals surface area (Å²) < 4.78 is 47.1. The second-order valence-electron chi connectivity index (χ2n) is 6.86. The Morgan fingerprint density at radius 3 is 2.72 bits per heavy atom. The molecular formula is C21H13F3N2O3. The average Bonchev–Trinajstić information content (AvgIpc) is 3.25. The fraction of sp³-hybridized carbons (Fsp3) is 0.143. The molecule has 146 valence electrons. The van der Waals surface area contributed by atoms with Gasteiger partial charge >= 0.3 is 6.36 Å². The monoisotopic (exact) mass is 398 g/mol. The first kappa shape index (κ1) is 17.5. The molecule has 0 saturated carbocycles. The summed E-state index contributed by atoms with van der Waals surface area (Å²) in [6.45, 7) is 1.85. The van der Waals surface area contributed by atoms with Crippen LogP contribution in [0.4, 0.5) is 18.9 Å². The molecule has 5 rings (SSSR count). The van der Waals surface area contributed by atoms with Crippen molar-refractivity contribution in [3.8, 4) is 16.9 Å².